The molecule has 1 aromatic carbocycles. The number of likely N-dealkylation sites (N-methyl/N-ethyl adjacent to an activating group) is 1. The van der Waals surface area contributed by atoms with Crippen molar-refractivity contribution in [1.29, 1.82) is 0 Å². The topological polar surface area (TPSA) is 21.3 Å². The highest BCUT2D eigenvalue weighted by molar-refractivity contribution is 5.30. The fourth-order valence-electron chi connectivity index (χ4n) is 2.04. The number of hydrogen-bond acceptors (Lipinski definition) is 2. The van der Waals surface area contributed by atoms with Crippen LogP contribution >= 0.6 is 0 Å². The van der Waals surface area contributed by atoms with E-state index < -0.39 is 0 Å². The van der Waals surface area contributed by atoms with Crippen LogP contribution in [0, 0.1) is 13.8 Å². The van der Waals surface area contributed by atoms with Crippen LogP contribution in [-0.4, -0.2) is 26.3 Å². The van der Waals surface area contributed by atoms with Crippen LogP contribution in [0.15, 0.2) is 18.2 Å². The van der Waals surface area contributed by atoms with Gasteiger partial charge in [-0.2, -0.15) is 0 Å². The number of benzene rings is 1. The lowest BCUT2D eigenvalue weighted by Crippen LogP contribution is -2.29. The SMILES string of the molecule is CCCOCCC(Cc1ccc(C)c(C)c1)NC. The standard InChI is InChI=1S/C16H27NO/c1-5-9-18-10-8-16(17-4)12-15-7-6-13(2)14(3)11-15/h6-7,11,16-17H,5,8-10,12H2,1-4H3. The lowest BCUT2D eigenvalue weighted by Gasteiger charge is -2.17. The summed E-state index contributed by atoms with van der Waals surface area (Å²) in [7, 11) is 2.03. The molecule has 18 heavy (non-hydrogen) atoms. The van der Waals surface area contributed by atoms with Crippen molar-refractivity contribution in [1.82, 2.24) is 5.32 Å². The summed E-state index contributed by atoms with van der Waals surface area (Å²) in [5.41, 5.74) is 4.16. The summed E-state index contributed by atoms with van der Waals surface area (Å²) in [5, 5.41) is 3.38. The molecule has 1 unspecified atom stereocenters. The summed E-state index contributed by atoms with van der Waals surface area (Å²) in [6.45, 7) is 8.21. The first kappa shape index (κ1) is 15.2. The number of nitrogens with one attached hydrogen (secondary N) is 1. The Morgan fingerprint density at radius 2 is 1.94 bits per heavy atom. The molecule has 0 heterocycles. The van der Waals surface area contributed by atoms with Crippen molar-refractivity contribution in [3.8, 4) is 0 Å². The number of rotatable bonds is 8. The third-order valence-electron chi connectivity index (χ3n) is 3.42. The molecule has 1 N–H and O–H groups in total. The van der Waals surface area contributed by atoms with E-state index >= 15 is 0 Å². The second kappa shape index (κ2) is 8.28. The predicted octanol–water partition coefficient (Wildman–Crippen LogP) is 3.25. The third-order valence-corrected chi connectivity index (χ3v) is 3.42. The van der Waals surface area contributed by atoms with Crippen LogP contribution in [0.25, 0.3) is 0 Å². The molecule has 2 nitrogen and oxygen atoms in total. The maximum atomic E-state index is 5.56. The van der Waals surface area contributed by atoms with Crippen molar-refractivity contribution in [3.63, 3.8) is 0 Å². The average molecular weight is 249 g/mol. The lowest BCUT2D eigenvalue weighted by molar-refractivity contribution is 0.125. The summed E-state index contributed by atoms with van der Waals surface area (Å²) in [4.78, 5) is 0. The highest BCUT2D eigenvalue weighted by Crippen LogP contribution is 2.12. The molecule has 0 aliphatic rings. The van der Waals surface area contributed by atoms with Crippen LogP contribution in [0.2, 0.25) is 0 Å². The van der Waals surface area contributed by atoms with Gasteiger partial charge in [-0.15, -0.1) is 0 Å². The van der Waals surface area contributed by atoms with E-state index in [2.05, 4.69) is 44.3 Å². The van der Waals surface area contributed by atoms with Gasteiger partial charge < -0.3 is 10.1 Å². The molecule has 0 radical (unpaired) electrons. The first-order chi connectivity index (χ1) is 8.67. The van der Waals surface area contributed by atoms with Gasteiger partial charge in [0, 0.05) is 19.3 Å². The van der Waals surface area contributed by atoms with Gasteiger partial charge in [0.1, 0.15) is 0 Å². The summed E-state index contributed by atoms with van der Waals surface area (Å²) < 4.78 is 5.56. The van der Waals surface area contributed by atoms with Crippen LogP contribution in [0.5, 0.6) is 0 Å². The second-order valence-corrected chi connectivity index (χ2v) is 5.01. The van der Waals surface area contributed by atoms with Gasteiger partial charge in [0.25, 0.3) is 0 Å². The zero-order valence-electron chi connectivity index (χ0n) is 12.3. The van der Waals surface area contributed by atoms with E-state index in [0.29, 0.717) is 6.04 Å². The first-order valence-corrected chi connectivity index (χ1v) is 6.98. The Hall–Kier alpha value is -0.860. The van der Waals surface area contributed by atoms with Crippen molar-refractivity contribution in [3.05, 3.63) is 34.9 Å². The minimum atomic E-state index is 0.504. The van der Waals surface area contributed by atoms with E-state index in [9.17, 15) is 0 Å². The van der Waals surface area contributed by atoms with Gasteiger partial charge in [0.15, 0.2) is 0 Å². The molecule has 1 atom stereocenters. The van der Waals surface area contributed by atoms with Crippen molar-refractivity contribution < 1.29 is 4.74 Å². The molecule has 0 bridgehead atoms. The molecular formula is C16H27NO. The maximum absolute atomic E-state index is 5.56. The van der Waals surface area contributed by atoms with Crippen LogP contribution in [0.1, 0.15) is 36.5 Å². The Bertz CT molecular complexity index is 349. The van der Waals surface area contributed by atoms with Gasteiger partial charge in [0.05, 0.1) is 0 Å². The van der Waals surface area contributed by atoms with Gasteiger partial charge in [-0.25, -0.2) is 0 Å². The maximum Gasteiger partial charge on any atom is 0.0480 e. The first-order valence-electron chi connectivity index (χ1n) is 6.98. The Morgan fingerprint density at radius 3 is 2.56 bits per heavy atom. The normalized spacial score (nSPS) is 12.7. The molecule has 2 heteroatoms. The van der Waals surface area contributed by atoms with E-state index in [-0.39, 0.29) is 0 Å². The molecule has 0 aliphatic heterocycles. The smallest absolute Gasteiger partial charge is 0.0480 e. The quantitative estimate of drug-likeness (QED) is 0.714. The van der Waals surface area contributed by atoms with E-state index in [1.807, 2.05) is 7.05 Å². The largest absolute Gasteiger partial charge is 0.381 e. The van der Waals surface area contributed by atoms with E-state index in [1.54, 1.807) is 0 Å². The van der Waals surface area contributed by atoms with Crippen molar-refractivity contribution in [2.45, 2.75) is 46.1 Å². The molecule has 0 saturated heterocycles. The van der Waals surface area contributed by atoms with Gasteiger partial charge >= 0.3 is 0 Å². The van der Waals surface area contributed by atoms with E-state index in [1.165, 1.54) is 16.7 Å². The summed E-state index contributed by atoms with van der Waals surface area (Å²) in [6, 6.07) is 7.25. The zero-order valence-corrected chi connectivity index (χ0v) is 12.3. The number of hydrogen-bond donors (Lipinski definition) is 1. The zero-order chi connectivity index (χ0) is 13.4. The van der Waals surface area contributed by atoms with Crippen molar-refractivity contribution in [2.75, 3.05) is 20.3 Å². The molecule has 1 aromatic rings. The van der Waals surface area contributed by atoms with Crippen LogP contribution in [0.3, 0.4) is 0 Å². The van der Waals surface area contributed by atoms with Crippen LogP contribution < -0.4 is 5.32 Å². The highest BCUT2D eigenvalue weighted by atomic mass is 16.5. The Morgan fingerprint density at radius 1 is 1.17 bits per heavy atom. The van der Waals surface area contributed by atoms with Crippen LogP contribution in [-0.2, 0) is 11.2 Å². The molecule has 0 aromatic heterocycles. The fraction of sp³-hybridized carbons (Fsp3) is 0.625. The molecule has 0 spiro atoms. The predicted molar refractivity (Wildman–Crippen MR) is 78.2 cm³/mol. The van der Waals surface area contributed by atoms with Gasteiger partial charge in [-0.3, -0.25) is 0 Å². The molecule has 102 valence electrons. The third kappa shape index (κ3) is 5.19. The minimum Gasteiger partial charge on any atom is -0.381 e. The minimum absolute atomic E-state index is 0.504. The monoisotopic (exact) mass is 249 g/mol. The summed E-state index contributed by atoms with van der Waals surface area (Å²) >= 11 is 0. The Kier molecular flexibility index (Phi) is 6.99. The number of aryl methyl sites for hydroxylation is 2. The molecule has 1 rings (SSSR count). The van der Waals surface area contributed by atoms with Crippen LogP contribution in [0.4, 0.5) is 0 Å². The van der Waals surface area contributed by atoms with Gasteiger partial charge in [-0.1, -0.05) is 25.1 Å². The average Bonchev–Trinajstić information content (AvgIpc) is 2.37. The van der Waals surface area contributed by atoms with E-state index in [4.69, 9.17) is 4.74 Å². The molecular weight excluding hydrogens is 222 g/mol. The molecule has 0 fully saturated rings. The second-order valence-electron chi connectivity index (χ2n) is 5.01. The van der Waals surface area contributed by atoms with Gasteiger partial charge in [0.2, 0.25) is 0 Å². The highest BCUT2D eigenvalue weighted by Gasteiger charge is 2.07. The Labute approximate surface area is 112 Å². The molecule has 0 saturated carbocycles. The van der Waals surface area contributed by atoms with E-state index in [0.717, 1.165) is 32.5 Å². The summed E-state index contributed by atoms with van der Waals surface area (Å²) in [5.74, 6) is 0. The lowest BCUT2D eigenvalue weighted by atomic mass is 9.99. The van der Waals surface area contributed by atoms with Crippen molar-refractivity contribution in [2.24, 2.45) is 0 Å². The number of ether oxygens (including phenoxy) is 1. The van der Waals surface area contributed by atoms with Gasteiger partial charge in [-0.05, 0) is 56.8 Å². The molecule has 0 amide bonds. The van der Waals surface area contributed by atoms with Crippen molar-refractivity contribution >= 4 is 0 Å². The fourth-order valence-corrected chi connectivity index (χ4v) is 2.04. The Balaban J connectivity index is 2.44. The molecule has 0 aliphatic carbocycles. The summed E-state index contributed by atoms with van der Waals surface area (Å²) in [6.07, 6.45) is 3.25.